The van der Waals surface area contributed by atoms with Gasteiger partial charge in [0.2, 0.25) is 11.8 Å². The molecule has 0 saturated carbocycles. The lowest BCUT2D eigenvalue weighted by atomic mass is 10.0. The van der Waals surface area contributed by atoms with Crippen molar-refractivity contribution in [3.63, 3.8) is 0 Å². The van der Waals surface area contributed by atoms with E-state index in [1.165, 1.54) is 11.8 Å². The fraction of sp³-hybridized carbons (Fsp3) is 0.148. The van der Waals surface area contributed by atoms with E-state index in [2.05, 4.69) is 15.3 Å². The summed E-state index contributed by atoms with van der Waals surface area (Å²) in [5.41, 5.74) is 6.66. The minimum absolute atomic E-state index is 0.358. The highest BCUT2D eigenvalue weighted by molar-refractivity contribution is 5.83. The lowest BCUT2D eigenvalue weighted by Gasteiger charge is -2.15. The lowest BCUT2D eigenvalue weighted by molar-refractivity contribution is 0.459. The number of aromatic nitrogens is 4. The van der Waals surface area contributed by atoms with Gasteiger partial charge in [0, 0.05) is 30.7 Å². The number of hydrogen-bond donors (Lipinski definition) is 1. The molecule has 0 aliphatic heterocycles. The van der Waals surface area contributed by atoms with Crippen LogP contribution in [0.15, 0.2) is 67.1 Å². The Balaban J connectivity index is 1.55. The van der Waals surface area contributed by atoms with Gasteiger partial charge in [-0.05, 0) is 73.9 Å². The van der Waals surface area contributed by atoms with Gasteiger partial charge in [-0.25, -0.2) is 9.37 Å². The van der Waals surface area contributed by atoms with E-state index in [9.17, 15) is 4.39 Å². The number of hydrogen-bond acceptors (Lipinski definition) is 5. The molecule has 0 spiro atoms. The van der Waals surface area contributed by atoms with Crippen molar-refractivity contribution in [3.05, 3.63) is 89.6 Å². The summed E-state index contributed by atoms with van der Waals surface area (Å²) in [4.78, 5) is 13.2. The summed E-state index contributed by atoms with van der Waals surface area (Å²) in [5.74, 6) is 1.22. The second kappa shape index (κ2) is 8.59. The fourth-order valence-electron chi connectivity index (χ4n) is 4.02. The van der Waals surface area contributed by atoms with Crippen LogP contribution < -0.4 is 10.1 Å². The first-order valence-electron chi connectivity index (χ1n) is 10.9. The number of pyridine rings is 1. The van der Waals surface area contributed by atoms with Crippen molar-refractivity contribution in [2.24, 2.45) is 7.05 Å². The van der Waals surface area contributed by atoms with E-state index in [-0.39, 0.29) is 5.82 Å². The summed E-state index contributed by atoms with van der Waals surface area (Å²) in [5, 5.41) is 3.27. The molecule has 170 valence electrons. The molecule has 34 heavy (non-hydrogen) atoms. The molecule has 0 amide bonds. The summed E-state index contributed by atoms with van der Waals surface area (Å²) < 4.78 is 22.6. The Hall–Kier alpha value is -4.26. The number of rotatable bonds is 5. The minimum atomic E-state index is -0.358. The zero-order chi connectivity index (χ0) is 23.8. The molecule has 0 aliphatic rings. The van der Waals surface area contributed by atoms with Crippen LogP contribution in [0.4, 0.5) is 16.0 Å². The third-order valence-electron chi connectivity index (χ3n) is 5.74. The Morgan fingerprint density at radius 3 is 2.38 bits per heavy atom. The summed E-state index contributed by atoms with van der Waals surface area (Å²) in [6.45, 7) is 5.93. The Kier molecular flexibility index (Phi) is 5.45. The molecule has 0 bridgehead atoms. The van der Waals surface area contributed by atoms with E-state index in [1.54, 1.807) is 12.3 Å². The normalized spacial score (nSPS) is 11.1. The minimum Gasteiger partial charge on any atom is -0.436 e. The molecular weight excluding hydrogens is 429 g/mol. The van der Waals surface area contributed by atoms with Crippen LogP contribution >= 0.6 is 0 Å². The van der Waals surface area contributed by atoms with Crippen molar-refractivity contribution in [1.29, 1.82) is 0 Å². The Bertz CT molecular complexity index is 1490. The van der Waals surface area contributed by atoms with Crippen LogP contribution in [0.2, 0.25) is 0 Å². The van der Waals surface area contributed by atoms with E-state index in [1.807, 2.05) is 81.0 Å². The zero-order valence-corrected chi connectivity index (χ0v) is 19.4. The molecule has 0 unspecified atom stereocenters. The third kappa shape index (κ3) is 4.08. The number of fused-ring (bicyclic) bond motifs is 1. The highest BCUT2D eigenvalue weighted by atomic mass is 19.1. The number of halogens is 1. The van der Waals surface area contributed by atoms with Crippen LogP contribution in [-0.2, 0) is 7.05 Å². The van der Waals surface area contributed by atoms with Crippen LogP contribution in [0.5, 0.6) is 11.6 Å². The van der Waals surface area contributed by atoms with Crippen LogP contribution in [0, 0.1) is 26.6 Å². The van der Waals surface area contributed by atoms with Crippen molar-refractivity contribution in [2.45, 2.75) is 20.8 Å². The molecule has 5 aromatic rings. The predicted molar refractivity (Wildman–Crippen MR) is 132 cm³/mol. The molecule has 0 aliphatic carbocycles. The monoisotopic (exact) mass is 453 g/mol. The Morgan fingerprint density at radius 2 is 1.68 bits per heavy atom. The SMILES string of the molecule is Cc1ccc(Nc2nc(Oc3c(C)cc(-c4ccncc4F)cc3C)c3c(ccn3C)n2)cc1. The zero-order valence-electron chi connectivity index (χ0n) is 19.4. The van der Waals surface area contributed by atoms with Gasteiger partial charge in [-0.3, -0.25) is 4.98 Å². The van der Waals surface area contributed by atoms with Crippen molar-refractivity contribution in [1.82, 2.24) is 19.5 Å². The maximum Gasteiger partial charge on any atom is 0.249 e. The van der Waals surface area contributed by atoms with Gasteiger partial charge >= 0.3 is 0 Å². The smallest absolute Gasteiger partial charge is 0.249 e. The van der Waals surface area contributed by atoms with Gasteiger partial charge in [0.05, 0.1) is 11.7 Å². The largest absolute Gasteiger partial charge is 0.436 e. The van der Waals surface area contributed by atoms with E-state index < -0.39 is 0 Å². The van der Waals surface area contributed by atoms with Crippen molar-refractivity contribution in [3.8, 4) is 22.8 Å². The molecule has 0 atom stereocenters. The molecule has 1 N–H and O–H groups in total. The Morgan fingerprint density at radius 1 is 0.941 bits per heavy atom. The van der Waals surface area contributed by atoms with Crippen LogP contribution in [0.3, 0.4) is 0 Å². The molecule has 0 saturated heterocycles. The predicted octanol–water partition coefficient (Wildman–Crippen LogP) is 6.63. The second-order valence-electron chi connectivity index (χ2n) is 8.40. The first-order valence-corrected chi connectivity index (χ1v) is 10.9. The number of benzene rings is 2. The average molecular weight is 454 g/mol. The molecule has 3 aromatic heterocycles. The second-order valence-corrected chi connectivity index (χ2v) is 8.40. The molecular formula is C27H24FN5O. The van der Waals surface area contributed by atoms with E-state index >= 15 is 0 Å². The van der Waals surface area contributed by atoms with Crippen molar-refractivity contribution in [2.75, 3.05) is 5.32 Å². The molecule has 2 aromatic carbocycles. The Labute approximate surface area is 197 Å². The van der Waals surface area contributed by atoms with E-state index in [4.69, 9.17) is 9.72 Å². The van der Waals surface area contributed by atoms with Gasteiger partial charge in [0.25, 0.3) is 0 Å². The van der Waals surface area contributed by atoms with E-state index in [0.717, 1.165) is 33.4 Å². The van der Waals surface area contributed by atoms with Crippen molar-refractivity contribution < 1.29 is 9.13 Å². The van der Waals surface area contributed by atoms with Crippen molar-refractivity contribution >= 4 is 22.7 Å². The molecule has 7 heteroatoms. The van der Waals surface area contributed by atoms with Gasteiger partial charge < -0.3 is 14.6 Å². The number of ether oxygens (including phenoxy) is 1. The number of anilines is 2. The molecule has 5 rings (SSSR count). The van der Waals surface area contributed by atoms with Crippen LogP contribution in [0.1, 0.15) is 16.7 Å². The maximum absolute atomic E-state index is 14.3. The topological polar surface area (TPSA) is 64.9 Å². The fourth-order valence-corrected chi connectivity index (χ4v) is 4.02. The van der Waals surface area contributed by atoms with Gasteiger partial charge in [-0.1, -0.05) is 17.7 Å². The van der Waals surface area contributed by atoms with Gasteiger partial charge in [-0.15, -0.1) is 0 Å². The number of nitrogens with one attached hydrogen (secondary N) is 1. The van der Waals surface area contributed by atoms with Crippen LogP contribution in [-0.4, -0.2) is 19.5 Å². The summed E-state index contributed by atoms with van der Waals surface area (Å²) >= 11 is 0. The quantitative estimate of drug-likeness (QED) is 0.324. The molecule has 0 fully saturated rings. The summed E-state index contributed by atoms with van der Waals surface area (Å²) in [7, 11) is 1.93. The standard InChI is InChI=1S/C27H24FN5O/c1-16-5-7-20(8-6-16)30-27-31-23-10-12-33(4)24(23)26(32-27)34-25-17(2)13-19(14-18(25)3)21-9-11-29-15-22(21)28/h5-15H,1-4H3,(H,30,31,32). The van der Waals surface area contributed by atoms with E-state index in [0.29, 0.717) is 23.1 Å². The van der Waals surface area contributed by atoms with Gasteiger partial charge in [-0.2, -0.15) is 4.98 Å². The van der Waals surface area contributed by atoms with Crippen LogP contribution in [0.25, 0.3) is 22.2 Å². The van der Waals surface area contributed by atoms with Gasteiger partial charge in [0.1, 0.15) is 17.1 Å². The average Bonchev–Trinajstić information content (AvgIpc) is 3.18. The first-order chi connectivity index (χ1) is 16.4. The molecule has 6 nitrogen and oxygen atoms in total. The summed E-state index contributed by atoms with van der Waals surface area (Å²) in [6, 6.07) is 15.5. The third-order valence-corrected chi connectivity index (χ3v) is 5.74. The number of nitrogens with zero attached hydrogens (tertiary/aromatic N) is 4. The number of aryl methyl sites for hydroxylation is 4. The lowest BCUT2D eigenvalue weighted by Crippen LogP contribution is -2.02. The highest BCUT2D eigenvalue weighted by Gasteiger charge is 2.17. The highest BCUT2D eigenvalue weighted by Crippen LogP contribution is 2.36. The molecule has 3 heterocycles. The summed E-state index contributed by atoms with van der Waals surface area (Å²) in [6.07, 6.45) is 4.74. The molecule has 0 radical (unpaired) electrons. The first kappa shape index (κ1) is 21.6. The maximum atomic E-state index is 14.3. The van der Waals surface area contributed by atoms with Gasteiger partial charge in [0.15, 0.2) is 0 Å².